The first kappa shape index (κ1) is 27.6. The molecule has 37 heavy (non-hydrogen) atoms. The van der Waals surface area contributed by atoms with Crippen LogP contribution in [-0.2, 0) is 26.0 Å². The summed E-state index contributed by atoms with van der Waals surface area (Å²) in [7, 11) is -0.963. The van der Waals surface area contributed by atoms with Crippen molar-refractivity contribution in [3.8, 4) is 5.75 Å². The van der Waals surface area contributed by atoms with Gasteiger partial charge in [-0.05, 0) is 54.8 Å². The molecule has 12 nitrogen and oxygen atoms in total. The van der Waals surface area contributed by atoms with Crippen molar-refractivity contribution in [2.24, 2.45) is 5.73 Å². The van der Waals surface area contributed by atoms with Gasteiger partial charge in [-0.15, -0.1) is 0 Å². The molecule has 0 aromatic heterocycles. The fourth-order valence-corrected chi connectivity index (χ4v) is 5.48. The SMILES string of the molecule is CN(C)C(=O)Oc1ccc(C[C@H](NC(=O)[C@@H]2CCCN2S(=O)(=O)c2ccc(C(=N)N)cc2)C(=O)O)cc1. The predicted molar refractivity (Wildman–Crippen MR) is 134 cm³/mol. The zero-order valence-corrected chi connectivity index (χ0v) is 21.2. The summed E-state index contributed by atoms with van der Waals surface area (Å²) >= 11 is 0. The quantitative estimate of drug-likeness (QED) is 0.273. The van der Waals surface area contributed by atoms with Gasteiger partial charge in [0.25, 0.3) is 0 Å². The van der Waals surface area contributed by atoms with Crippen LogP contribution in [0.3, 0.4) is 0 Å². The van der Waals surface area contributed by atoms with Crippen molar-refractivity contribution in [2.45, 2.75) is 36.2 Å². The number of carbonyl (C=O) groups excluding carboxylic acids is 2. The predicted octanol–water partition coefficient (Wildman–Crippen LogP) is 0.996. The average molecular weight is 532 g/mol. The molecule has 0 spiro atoms. The molecule has 5 N–H and O–H groups in total. The Hall–Kier alpha value is -3.97. The average Bonchev–Trinajstić information content (AvgIpc) is 3.36. The molecule has 2 atom stereocenters. The fraction of sp³-hybridized carbons (Fsp3) is 0.333. The topological polar surface area (TPSA) is 183 Å². The van der Waals surface area contributed by atoms with Crippen LogP contribution in [0.25, 0.3) is 0 Å². The van der Waals surface area contributed by atoms with Crippen LogP contribution in [0, 0.1) is 5.41 Å². The molecular weight excluding hydrogens is 502 g/mol. The van der Waals surface area contributed by atoms with Gasteiger partial charge in [0.1, 0.15) is 23.7 Å². The van der Waals surface area contributed by atoms with E-state index < -0.39 is 40.1 Å². The number of nitrogen functional groups attached to an aromatic ring is 1. The molecule has 13 heteroatoms. The van der Waals surface area contributed by atoms with Gasteiger partial charge in [0, 0.05) is 32.6 Å². The maximum absolute atomic E-state index is 13.2. The van der Waals surface area contributed by atoms with Crippen LogP contribution in [0.5, 0.6) is 5.75 Å². The number of carbonyl (C=O) groups is 3. The van der Waals surface area contributed by atoms with Gasteiger partial charge in [0.15, 0.2) is 0 Å². The molecule has 1 aliphatic heterocycles. The van der Waals surface area contributed by atoms with E-state index in [-0.39, 0.29) is 35.9 Å². The highest BCUT2D eigenvalue weighted by Gasteiger charge is 2.40. The van der Waals surface area contributed by atoms with Gasteiger partial charge in [-0.25, -0.2) is 18.0 Å². The number of amidine groups is 1. The Morgan fingerprint density at radius 3 is 2.32 bits per heavy atom. The smallest absolute Gasteiger partial charge is 0.414 e. The normalized spacial score (nSPS) is 16.5. The minimum Gasteiger partial charge on any atom is -0.480 e. The van der Waals surface area contributed by atoms with Gasteiger partial charge in [0.05, 0.1) is 4.90 Å². The van der Waals surface area contributed by atoms with Crippen molar-refractivity contribution in [3.05, 3.63) is 59.7 Å². The first-order valence-electron chi connectivity index (χ1n) is 11.4. The van der Waals surface area contributed by atoms with Crippen molar-refractivity contribution in [1.29, 1.82) is 5.41 Å². The second-order valence-electron chi connectivity index (χ2n) is 8.72. The van der Waals surface area contributed by atoms with Crippen LogP contribution in [-0.4, -0.2) is 79.3 Å². The Balaban J connectivity index is 1.70. The summed E-state index contributed by atoms with van der Waals surface area (Å²) < 4.78 is 32.6. The number of carboxylic acids is 1. The Labute approximate surface area is 214 Å². The first-order chi connectivity index (χ1) is 17.4. The highest BCUT2D eigenvalue weighted by molar-refractivity contribution is 7.89. The zero-order valence-electron chi connectivity index (χ0n) is 20.4. The summed E-state index contributed by atoms with van der Waals surface area (Å²) in [5, 5.41) is 19.6. The lowest BCUT2D eigenvalue weighted by atomic mass is 10.1. The van der Waals surface area contributed by atoms with Crippen molar-refractivity contribution in [3.63, 3.8) is 0 Å². The Morgan fingerprint density at radius 1 is 1.16 bits per heavy atom. The van der Waals surface area contributed by atoms with Crippen LogP contribution < -0.4 is 15.8 Å². The van der Waals surface area contributed by atoms with E-state index in [4.69, 9.17) is 15.9 Å². The zero-order chi connectivity index (χ0) is 27.3. The van der Waals surface area contributed by atoms with Crippen molar-refractivity contribution in [2.75, 3.05) is 20.6 Å². The lowest BCUT2D eigenvalue weighted by Crippen LogP contribution is -2.51. The van der Waals surface area contributed by atoms with E-state index in [1.807, 2.05) is 0 Å². The van der Waals surface area contributed by atoms with Gasteiger partial charge in [-0.1, -0.05) is 12.1 Å². The molecule has 0 aliphatic carbocycles. The number of aliphatic carboxylic acids is 1. The summed E-state index contributed by atoms with van der Waals surface area (Å²) in [5.41, 5.74) is 6.35. The third kappa shape index (κ3) is 6.62. The third-order valence-corrected chi connectivity index (χ3v) is 7.75. The monoisotopic (exact) mass is 531 g/mol. The number of nitrogens with two attached hydrogens (primary N) is 1. The maximum atomic E-state index is 13.2. The summed E-state index contributed by atoms with van der Waals surface area (Å²) in [4.78, 5) is 37.8. The summed E-state index contributed by atoms with van der Waals surface area (Å²) in [6.07, 6.45) is 0.0617. The maximum Gasteiger partial charge on any atom is 0.414 e. The number of amides is 2. The Bertz CT molecular complexity index is 1280. The molecule has 0 bridgehead atoms. The number of rotatable bonds is 9. The Kier molecular flexibility index (Phi) is 8.50. The molecule has 0 saturated carbocycles. The van der Waals surface area contributed by atoms with E-state index in [2.05, 4.69) is 5.32 Å². The molecule has 198 valence electrons. The molecule has 0 radical (unpaired) electrons. The highest BCUT2D eigenvalue weighted by atomic mass is 32.2. The third-order valence-electron chi connectivity index (χ3n) is 5.83. The molecular formula is C24H29N5O7S. The van der Waals surface area contributed by atoms with Gasteiger partial charge in [-0.3, -0.25) is 10.2 Å². The van der Waals surface area contributed by atoms with Crippen LogP contribution in [0.1, 0.15) is 24.0 Å². The summed E-state index contributed by atoms with van der Waals surface area (Å²) in [6.45, 7) is 0.111. The van der Waals surface area contributed by atoms with Gasteiger partial charge < -0.3 is 25.8 Å². The van der Waals surface area contributed by atoms with Crippen LogP contribution >= 0.6 is 0 Å². The van der Waals surface area contributed by atoms with Crippen LogP contribution in [0.4, 0.5) is 4.79 Å². The second-order valence-corrected chi connectivity index (χ2v) is 10.6. The number of hydrogen-bond acceptors (Lipinski definition) is 7. The van der Waals surface area contributed by atoms with Crippen molar-refractivity contribution in [1.82, 2.24) is 14.5 Å². The molecule has 1 aliphatic rings. The van der Waals surface area contributed by atoms with E-state index in [0.717, 1.165) is 4.31 Å². The molecule has 2 aromatic rings. The molecule has 2 aromatic carbocycles. The lowest BCUT2D eigenvalue weighted by Gasteiger charge is -2.25. The molecule has 1 heterocycles. The van der Waals surface area contributed by atoms with Gasteiger partial charge >= 0.3 is 12.1 Å². The summed E-state index contributed by atoms with van der Waals surface area (Å²) in [5.74, 6) is -1.90. The molecule has 0 unspecified atom stereocenters. The number of sulfonamides is 1. The number of benzene rings is 2. The number of nitrogens with one attached hydrogen (secondary N) is 2. The highest BCUT2D eigenvalue weighted by Crippen LogP contribution is 2.27. The van der Waals surface area contributed by atoms with E-state index in [1.165, 1.54) is 55.4 Å². The number of carboxylic acid groups (broad SMARTS) is 1. The lowest BCUT2D eigenvalue weighted by molar-refractivity contribution is -0.142. The van der Waals surface area contributed by atoms with E-state index in [1.54, 1.807) is 12.1 Å². The molecule has 1 fully saturated rings. The van der Waals surface area contributed by atoms with E-state index >= 15 is 0 Å². The van der Waals surface area contributed by atoms with Crippen molar-refractivity contribution < 1.29 is 32.6 Å². The van der Waals surface area contributed by atoms with Gasteiger partial charge in [0.2, 0.25) is 15.9 Å². The summed E-state index contributed by atoms with van der Waals surface area (Å²) in [6, 6.07) is 9.28. The number of ether oxygens (including phenoxy) is 1. The molecule has 2 amide bonds. The van der Waals surface area contributed by atoms with Crippen LogP contribution in [0.2, 0.25) is 0 Å². The van der Waals surface area contributed by atoms with E-state index in [0.29, 0.717) is 17.5 Å². The largest absolute Gasteiger partial charge is 0.480 e. The minimum absolute atomic E-state index is 0.0537. The molecule has 1 saturated heterocycles. The minimum atomic E-state index is -4.04. The van der Waals surface area contributed by atoms with E-state index in [9.17, 15) is 27.9 Å². The van der Waals surface area contributed by atoms with Crippen molar-refractivity contribution >= 4 is 33.8 Å². The number of hydrogen-bond donors (Lipinski definition) is 4. The van der Waals surface area contributed by atoms with Crippen LogP contribution in [0.15, 0.2) is 53.4 Å². The second kappa shape index (κ2) is 11.4. The standard InChI is InChI=1S/C24H29N5O7S/c1-28(2)24(33)36-17-9-5-15(6-10-17)14-19(23(31)32)27-22(30)20-4-3-13-29(20)37(34,35)18-11-7-16(8-12-18)21(25)26/h5-12,19-20H,3-4,13-14H2,1-2H3,(H3,25,26)(H,27,30)(H,31,32)/t19-,20-/m0/s1. The van der Waals surface area contributed by atoms with Gasteiger partial charge in [-0.2, -0.15) is 4.31 Å². The number of nitrogens with zero attached hydrogens (tertiary/aromatic N) is 2. The Morgan fingerprint density at radius 2 is 1.78 bits per heavy atom. The first-order valence-corrected chi connectivity index (χ1v) is 12.8. The molecule has 3 rings (SSSR count). The fourth-order valence-electron chi connectivity index (χ4n) is 3.82.